The van der Waals surface area contributed by atoms with Crippen LogP contribution < -0.4 is 9.47 Å². The van der Waals surface area contributed by atoms with Crippen molar-refractivity contribution in [1.29, 1.82) is 0 Å². The molecule has 144 valence electrons. The number of rotatable bonds is 5. The first-order valence-corrected chi connectivity index (χ1v) is 8.79. The number of fused-ring (bicyclic) bond motifs is 1. The highest BCUT2D eigenvalue weighted by Crippen LogP contribution is 2.31. The number of hydrogen-bond donors (Lipinski definition) is 0. The Morgan fingerprint density at radius 1 is 1.11 bits per heavy atom. The number of unbranched alkanes of at least 4 members (excludes halogenated alkanes) is 1. The molecule has 3 rings (SSSR count). The number of hydrogen-bond acceptors (Lipinski definition) is 3. The van der Waals surface area contributed by atoms with Crippen molar-refractivity contribution < 1.29 is 27.4 Å². The Morgan fingerprint density at radius 3 is 2.48 bits per heavy atom. The predicted molar refractivity (Wildman–Crippen MR) is 94.9 cm³/mol. The maximum atomic E-state index is 12.8. The van der Waals surface area contributed by atoms with E-state index in [4.69, 9.17) is 4.74 Å². The van der Waals surface area contributed by atoms with Gasteiger partial charge in [-0.3, -0.25) is 4.79 Å². The van der Waals surface area contributed by atoms with Crippen molar-refractivity contribution >= 4 is 5.91 Å². The number of amides is 1. The van der Waals surface area contributed by atoms with Crippen LogP contribution in [0, 0.1) is 0 Å². The first-order chi connectivity index (χ1) is 12.9. The fourth-order valence-corrected chi connectivity index (χ4v) is 2.95. The largest absolute Gasteiger partial charge is 0.573 e. The molecule has 0 radical (unpaired) electrons. The third-order valence-electron chi connectivity index (χ3n) is 4.32. The molecule has 0 aromatic heterocycles. The molecule has 27 heavy (non-hydrogen) atoms. The van der Waals surface area contributed by atoms with Gasteiger partial charge in [-0.25, -0.2) is 0 Å². The molecular weight excluding hydrogens is 359 g/mol. The van der Waals surface area contributed by atoms with Crippen LogP contribution in [0.5, 0.6) is 11.5 Å². The van der Waals surface area contributed by atoms with Crippen molar-refractivity contribution in [2.24, 2.45) is 0 Å². The highest BCUT2D eigenvalue weighted by atomic mass is 19.4. The SMILES string of the molecule is CCCCN1CCOc2ccc(-c3ccc(OC(F)(F)F)cc3)cc2C1=O. The Balaban J connectivity index is 1.85. The van der Waals surface area contributed by atoms with Crippen molar-refractivity contribution in [1.82, 2.24) is 4.90 Å². The molecule has 0 aliphatic carbocycles. The Morgan fingerprint density at radius 2 is 1.81 bits per heavy atom. The number of alkyl halides is 3. The molecule has 0 N–H and O–H groups in total. The minimum absolute atomic E-state index is 0.0881. The summed E-state index contributed by atoms with van der Waals surface area (Å²) in [6.45, 7) is 3.71. The van der Waals surface area contributed by atoms with Gasteiger partial charge in [0.15, 0.2) is 0 Å². The van der Waals surface area contributed by atoms with E-state index in [-0.39, 0.29) is 11.7 Å². The van der Waals surface area contributed by atoms with Crippen LogP contribution >= 0.6 is 0 Å². The number of carbonyl (C=O) groups excluding carboxylic acids is 1. The molecule has 0 saturated carbocycles. The van der Waals surface area contributed by atoms with E-state index >= 15 is 0 Å². The average Bonchev–Trinajstić information content (AvgIpc) is 2.78. The predicted octanol–water partition coefficient (Wildman–Crippen LogP) is 4.89. The van der Waals surface area contributed by atoms with Crippen LogP contribution in [0.15, 0.2) is 42.5 Å². The number of ether oxygens (including phenoxy) is 2. The number of carbonyl (C=O) groups is 1. The third kappa shape index (κ3) is 4.72. The van der Waals surface area contributed by atoms with Crippen LogP contribution in [-0.2, 0) is 0 Å². The van der Waals surface area contributed by atoms with Crippen LogP contribution in [-0.4, -0.2) is 36.9 Å². The van der Waals surface area contributed by atoms with Gasteiger partial charge in [0.2, 0.25) is 0 Å². The summed E-state index contributed by atoms with van der Waals surface area (Å²) >= 11 is 0. The van der Waals surface area contributed by atoms with E-state index in [0.717, 1.165) is 18.4 Å². The summed E-state index contributed by atoms with van der Waals surface area (Å²) < 4.78 is 46.4. The second kappa shape index (κ2) is 7.90. The number of nitrogens with zero attached hydrogens (tertiary/aromatic N) is 1. The Labute approximate surface area is 155 Å². The van der Waals surface area contributed by atoms with E-state index in [1.165, 1.54) is 24.3 Å². The highest BCUT2D eigenvalue weighted by Gasteiger charge is 2.31. The van der Waals surface area contributed by atoms with Crippen molar-refractivity contribution in [2.45, 2.75) is 26.1 Å². The van der Waals surface area contributed by atoms with Gasteiger partial charge in [-0.15, -0.1) is 13.2 Å². The van der Waals surface area contributed by atoms with E-state index in [9.17, 15) is 18.0 Å². The Hall–Kier alpha value is -2.70. The van der Waals surface area contributed by atoms with E-state index < -0.39 is 6.36 Å². The lowest BCUT2D eigenvalue weighted by Gasteiger charge is -2.19. The van der Waals surface area contributed by atoms with Crippen molar-refractivity contribution in [3.05, 3.63) is 48.0 Å². The molecule has 0 bridgehead atoms. The molecule has 0 fully saturated rings. The van der Waals surface area contributed by atoms with Crippen LogP contribution in [0.3, 0.4) is 0 Å². The topological polar surface area (TPSA) is 38.8 Å². The van der Waals surface area contributed by atoms with Gasteiger partial charge < -0.3 is 14.4 Å². The molecule has 1 aliphatic heterocycles. The molecule has 1 aliphatic rings. The van der Waals surface area contributed by atoms with Crippen LogP contribution in [0.25, 0.3) is 11.1 Å². The zero-order chi connectivity index (χ0) is 19.4. The average molecular weight is 379 g/mol. The summed E-state index contributed by atoms with van der Waals surface area (Å²) in [7, 11) is 0. The molecule has 0 spiro atoms. The van der Waals surface area contributed by atoms with Gasteiger partial charge in [-0.05, 0) is 41.8 Å². The summed E-state index contributed by atoms with van der Waals surface area (Å²) in [5.41, 5.74) is 1.88. The van der Waals surface area contributed by atoms with Gasteiger partial charge in [0, 0.05) is 6.54 Å². The summed E-state index contributed by atoms with van der Waals surface area (Å²) in [6, 6.07) is 10.8. The minimum atomic E-state index is -4.72. The normalized spacial score (nSPS) is 14.4. The molecule has 1 heterocycles. The monoisotopic (exact) mass is 379 g/mol. The van der Waals surface area contributed by atoms with Gasteiger partial charge in [-0.1, -0.05) is 31.5 Å². The fraction of sp³-hybridized carbons (Fsp3) is 0.350. The molecule has 7 heteroatoms. The summed E-state index contributed by atoms with van der Waals surface area (Å²) in [4.78, 5) is 14.6. The molecule has 0 saturated heterocycles. The zero-order valence-electron chi connectivity index (χ0n) is 14.9. The lowest BCUT2D eigenvalue weighted by atomic mass is 10.0. The molecule has 2 aromatic rings. The van der Waals surface area contributed by atoms with Gasteiger partial charge in [0.25, 0.3) is 5.91 Å². The lowest BCUT2D eigenvalue weighted by molar-refractivity contribution is -0.274. The maximum Gasteiger partial charge on any atom is 0.573 e. The molecule has 2 aromatic carbocycles. The van der Waals surface area contributed by atoms with E-state index in [2.05, 4.69) is 11.7 Å². The van der Waals surface area contributed by atoms with Crippen LogP contribution in [0.4, 0.5) is 13.2 Å². The van der Waals surface area contributed by atoms with Gasteiger partial charge in [0.1, 0.15) is 18.1 Å². The van der Waals surface area contributed by atoms with Gasteiger partial charge in [-0.2, -0.15) is 0 Å². The quantitative estimate of drug-likeness (QED) is 0.743. The molecular formula is C20H20F3NO3. The second-order valence-electron chi connectivity index (χ2n) is 6.28. The lowest BCUT2D eigenvalue weighted by Crippen LogP contribution is -2.33. The Bertz CT molecular complexity index is 801. The van der Waals surface area contributed by atoms with Crippen molar-refractivity contribution in [3.63, 3.8) is 0 Å². The summed E-state index contributed by atoms with van der Waals surface area (Å²) in [5, 5.41) is 0. The minimum Gasteiger partial charge on any atom is -0.491 e. The van der Waals surface area contributed by atoms with E-state index in [1.54, 1.807) is 23.1 Å². The van der Waals surface area contributed by atoms with Crippen molar-refractivity contribution in [2.75, 3.05) is 19.7 Å². The zero-order valence-corrected chi connectivity index (χ0v) is 14.9. The van der Waals surface area contributed by atoms with E-state index in [1.807, 2.05) is 0 Å². The first-order valence-electron chi connectivity index (χ1n) is 8.79. The third-order valence-corrected chi connectivity index (χ3v) is 4.32. The summed E-state index contributed by atoms with van der Waals surface area (Å²) in [5.74, 6) is 0.153. The summed E-state index contributed by atoms with van der Waals surface area (Å²) in [6.07, 6.45) is -2.82. The first kappa shape index (κ1) is 19.1. The molecule has 1 amide bonds. The molecule has 4 nitrogen and oxygen atoms in total. The molecule has 0 atom stereocenters. The Kier molecular flexibility index (Phi) is 5.58. The second-order valence-corrected chi connectivity index (χ2v) is 6.28. The smallest absolute Gasteiger partial charge is 0.491 e. The molecule has 0 unspecified atom stereocenters. The van der Waals surface area contributed by atoms with Crippen LogP contribution in [0.1, 0.15) is 30.1 Å². The standard InChI is InChI=1S/C20H20F3NO3/c1-2-3-10-24-11-12-26-18-9-6-15(13-17(18)19(24)25)14-4-7-16(8-5-14)27-20(21,22)23/h4-9,13H,2-3,10-12H2,1H3. The van der Waals surface area contributed by atoms with Gasteiger partial charge >= 0.3 is 6.36 Å². The van der Waals surface area contributed by atoms with Crippen LogP contribution in [0.2, 0.25) is 0 Å². The maximum absolute atomic E-state index is 12.8. The highest BCUT2D eigenvalue weighted by molar-refractivity contribution is 5.98. The van der Waals surface area contributed by atoms with Crippen molar-refractivity contribution in [3.8, 4) is 22.6 Å². The van der Waals surface area contributed by atoms with Gasteiger partial charge in [0.05, 0.1) is 12.1 Å². The fourth-order valence-electron chi connectivity index (χ4n) is 2.95. The van der Waals surface area contributed by atoms with E-state index in [0.29, 0.717) is 36.6 Å². The number of halogens is 3. The number of benzene rings is 2.